The van der Waals surface area contributed by atoms with E-state index in [1.807, 2.05) is 30.3 Å². The summed E-state index contributed by atoms with van der Waals surface area (Å²) in [7, 11) is 0. The van der Waals surface area contributed by atoms with E-state index in [1.165, 1.54) is 13.0 Å². The van der Waals surface area contributed by atoms with Crippen LogP contribution in [0.2, 0.25) is 5.02 Å². The average Bonchev–Trinajstić information content (AvgIpc) is 3.03. The molecule has 1 heterocycles. The summed E-state index contributed by atoms with van der Waals surface area (Å²) in [6, 6.07) is 12.7. The Hall–Kier alpha value is -3.38. The van der Waals surface area contributed by atoms with Crippen LogP contribution in [0.5, 0.6) is 11.5 Å². The van der Waals surface area contributed by atoms with Gasteiger partial charge in [-0.25, -0.2) is 9.79 Å². The van der Waals surface area contributed by atoms with E-state index in [0.717, 1.165) is 5.56 Å². The number of nitrogens with zero attached hydrogens (tertiary/aromatic N) is 1. The molecule has 2 aromatic rings. The van der Waals surface area contributed by atoms with Crippen LogP contribution in [0.15, 0.2) is 59.2 Å². The Kier molecular flexibility index (Phi) is 6.46. The van der Waals surface area contributed by atoms with E-state index in [4.69, 9.17) is 25.8 Å². The predicted molar refractivity (Wildman–Crippen MR) is 111 cm³/mol. The fourth-order valence-electron chi connectivity index (χ4n) is 2.56. The van der Waals surface area contributed by atoms with Crippen molar-refractivity contribution < 1.29 is 23.8 Å². The van der Waals surface area contributed by atoms with Crippen molar-refractivity contribution in [2.45, 2.75) is 13.8 Å². The molecular weight excluding hydrogens is 394 g/mol. The molecule has 0 aliphatic carbocycles. The third-order valence-electron chi connectivity index (χ3n) is 3.74. The van der Waals surface area contributed by atoms with Crippen LogP contribution in [0, 0.1) is 0 Å². The second-order valence-corrected chi connectivity index (χ2v) is 6.38. The highest BCUT2D eigenvalue weighted by atomic mass is 35.5. The number of esters is 2. The number of rotatable bonds is 6. The van der Waals surface area contributed by atoms with Crippen LogP contribution in [-0.2, 0) is 14.3 Å². The largest absolute Gasteiger partial charge is 0.490 e. The smallest absolute Gasteiger partial charge is 0.363 e. The van der Waals surface area contributed by atoms with Gasteiger partial charge in [0, 0.05) is 13.0 Å². The van der Waals surface area contributed by atoms with Gasteiger partial charge in [0.1, 0.15) is 0 Å². The fourth-order valence-corrected chi connectivity index (χ4v) is 2.82. The number of cyclic esters (lactones) is 1. The van der Waals surface area contributed by atoms with Crippen LogP contribution in [0.25, 0.3) is 12.2 Å². The molecule has 0 aromatic heterocycles. The van der Waals surface area contributed by atoms with Crippen LogP contribution in [-0.4, -0.2) is 24.4 Å². The molecule has 148 valence electrons. The van der Waals surface area contributed by atoms with Gasteiger partial charge in [0.05, 0.1) is 11.6 Å². The third kappa shape index (κ3) is 5.33. The van der Waals surface area contributed by atoms with Crippen molar-refractivity contribution >= 4 is 41.6 Å². The van der Waals surface area contributed by atoms with Gasteiger partial charge in [-0.3, -0.25) is 4.79 Å². The monoisotopic (exact) mass is 411 g/mol. The molecule has 0 fully saturated rings. The molecule has 3 rings (SSSR count). The number of halogens is 1. The zero-order valence-electron chi connectivity index (χ0n) is 15.8. The minimum absolute atomic E-state index is 0.122. The topological polar surface area (TPSA) is 74.2 Å². The van der Waals surface area contributed by atoms with E-state index in [-0.39, 0.29) is 22.4 Å². The number of benzene rings is 2. The molecule has 2 aromatic carbocycles. The molecule has 7 heteroatoms. The molecule has 0 radical (unpaired) electrons. The Morgan fingerprint density at radius 1 is 1.17 bits per heavy atom. The first-order valence-corrected chi connectivity index (χ1v) is 9.24. The van der Waals surface area contributed by atoms with Crippen LogP contribution in [0.3, 0.4) is 0 Å². The maximum Gasteiger partial charge on any atom is 0.363 e. The molecule has 0 bridgehead atoms. The lowest BCUT2D eigenvalue weighted by molar-refractivity contribution is -0.132. The summed E-state index contributed by atoms with van der Waals surface area (Å²) in [5.74, 6) is -0.472. The first kappa shape index (κ1) is 20.4. The number of ether oxygens (including phenoxy) is 3. The summed E-state index contributed by atoms with van der Waals surface area (Å²) in [5, 5.41) is 0.178. The highest BCUT2D eigenvalue weighted by Gasteiger charge is 2.22. The Balaban J connectivity index is 1.88. The van der Waals surface area contributed by atoms with Gasteiger partial charge in [-0.15, -0.1) is 0 Å². The fraction of sp³-hybridized carbons (Fsp3) is 0.136. The lowest BCUT2D eigenvalue weighted by Crippen LogP contribution is -2.05. The van der Waals surface area contributed by atoms with E-state index in [2.05, 4.69) is 4.99 Å². The van der Waals surface area contributed by atoms with Gasteiger partial charge in [-0.2, -0.15) is 0 Å². The molecule has 0 unspecified atom stereocenters. The normalized spacial score (nSPS) is 14.8. The molecule has 29 heavy (non-hydrogen) atoms. The number of hydrogen-bond donors (Lipinski definition) is 0. The highest BCUT2D eigenvalue weighted by Crippen LogP contribution is 2.37. The molecule has 6 nitrogen and oxygen atoms in total. The predicted octanol–water partition coefficient (Wildman–Crippen LogP) is 4.67. The van der Waals surface area contributed by atoms with Crippen LogP contribution < -0.4 is 9.47 Å². The Bertz CT molecular complexity index is 1020. The summed E-state index contributed by atoms with van der Waals surface area (Å²) in [4.78, 5) is 27.6. The van der Waals surface area contributed by atoms with Gasteiger partial charge < -0.3 is 14.2 Å². The lowest BCUT2D eigenvalue weighted by atomic mass is 10.1. The molecule has 0 spiro atoms. The standard InChI is InChI=1S/C22H18ClNO5/c1-3-27-19-13-16(11-17(23)21(19)28-14(2)25)12-18-22(26)29-20(24-18)10-9-15-7-5-4-6-8-15/h4-13H,3H2,1-2H3/b10-9+,18-12-. The zero-order chi connectivity index (χ0) is 20.8. The van der Waals surface area contributed by atoms with Gasteiger partial charge >= 0.3 is 11.9 Å². The number of aliphatic imine (C=N–C) groups is 1. The van der Waals surface area contributed by atoms with Crippen molar-refractivity contribution in [3.63, 3.8) is 0 Å². The van der Waals surface area contributed by atoms with E-state index in [0.29, 0.717) is 17.9 Å². The summed E-state index contributed by atoms with van der Waals surface area (Å²) in [6.45, 7) is 3.41. The van der Waals surface area contributed by atoms with E-state index < -0.39 is 11.9 Å². The molecule has 0 amide bonds. The molecular formula is C22H18ClNO5. The lowest BCUT2D eigenvalue weighted by Gasteiger charge is -2.12. The van der Waals surface area contributed by atoms with Crippen LogP contribution >= 0.6 is 11.6 Å². The summed E-state index contributed by atoms with van der Waals surface area (Å²) in [5.41, 5.74) is 1.63. The Labute approximate surface area is 173 Å². The third-order valence-corrected chi connectivity index (χ3v) is 4.02. The maximum atomic E-state index is 12.1. The second kappa shape index (κ2) is 9.21. The minimum atomic E-state index is -0.573. The van der Waals surface area contributed by atoms with Crippen LogP contribution in [0.1, 0.15) is 25.0 Å². The number of hydrogen-bond acceptors (Lipinski definition) is 6. The van der Waals surface area contributed by atoms with E-state index in [1.54, 1.807) is 31.2 Å². The SMILES string of the molecule is CCOc1cc(/C=C2N=C(/C=C/c3ccccc3)OC\2=O)cc(Cl)c1OC(C)=O. The van der Waals surface area contributed by atoms with Crippen molar-refractivity contribution in [2.24, 2.45) is 4.99 Å². The Morgan fingerprint density at radius 2 is 1.93 bits per heavy atom. The van der Waals surface area contributed by atoms with Crippen molar-refractivity contribution in [1.29, 1.82) is 0 Å². The van der Waals surface area contributed by atoms with E-state index in [9.17, 15) is 9.59 Å². The molecule has 0 atom stereocenters. The number of carbonyl (C=O) groups excluding carboxylic acids is 2. The van der Waals surface area contributed by atoms with Crippen molar-refractivity contribution in [1.82, 2.24) is 0 Å². The quantitative estimate of drug-likeness (QED) is 0.392. The van der Waals surface area contributed by atoms with Gasteiger partial charge in [-0.1, -0.05) is 41.9 Å². The zero-order valence-corrected chi connectivity index (χ0v) is 16.6. The maximum absolute atomic E-state index is 12.1. The molecule has 0 N–H and O–H groups in total. The van der Waals surface area contributed by atoms with E-state index >= 15 is 0 Å². The minimum Gasteiger partial charge on any atom is -0.490 e. The number of carbonyl (C=O) groups is 2. The first-order valence-electron chi connectivity index (χ1n) is 8.86. The van der Waals surface area contributed by atoms with Crippen LogP contribution in [0.4, 0.5) is 0 Å². The van der Waals surface area contributed by atoms with Crippen molar-refractivity contribution in [3.05, 3.63) is 70.4 Å². The Morgan fingerprint density at radius 3 is 2.62 bits per heavy atom. The second-order valence-electron chi connectivity index (χ2n) is 5.97. The summed E-state index contributed by atoms with van der Waals surface area (Å²) < 4.78 is 15.8. The summed E-state index contributed by atoms with van der Waals surface area (Å²) >= 11 is 6.23. The first-order chi connectivity index (χ1) is 14.0. The van der Waals surface area contributed by atoms with Gasteiger partial charge in [0.2, 0.25) is 5.90 Å². The van der Waals surface area contributed by atoms with Crippen molar-refractivity contribution in [2.75, 3.05) is 6.61 Å². The molecule has 1 aliphatic rings. The average molecular weight is 412 g/mol. The molecule has 1 aliphatic heterocycles. The van der Waals surface area contributed by atoms with Gasteiger partial charge in [0.25, 0.3) is 0 Å². The molecule has 0 saturated heterocycles. The molecule has 0 saturated carbocycles. The highest BCUT2D eigenvalue weighted by molar-refractivity contribution is 6.32. The van der Waals surface area contributed by atoms with Gasteiger partial charge in [-0.05, 0) is 42.3 Å². The summed E-state index contributed by atoms with van der Waals surface area (Å²) in [6.07, 6.45) is 4.95. The van der Waals surface area contributed by atoms with Crippen molar-refractivity contribution in [3.8, 4) is 11.5 Å². The van der Waals surface area contributed by atoms with Gasteiger partial charge in [0.15, 0.2) is 17.2 Å².